The van der Waals surface area contributed by atoms with Crippen molar-refractivity contribution in [2.75, 3.05) is 10.8 Å². The Morgan fingerprint density at radius 2 is 1.56 bits per heavy atom. The van der Waals surface area contributed by atoms with E-state index in [4.69, 9.17) is 5.11 Å². The summed E-state index contributed by atoms with van der Waals surface area (Å²) < 4.78 is 28.3. The second kappa shape index (κ2) is 9.04. The molecule has 0 aliphatic heterocycles. The first-order valence-electron chi connectivity index (χ1n) is 9.23. The Morgan fingerprint density at radius 1 is 1.00 bits per heavy atom. The van der Waals surface area contributed by atoms with Crippen LogP contribution >= 0.6 is 0 Å². The summed E-state index contributed by atoms with van der Waals surface area (Å²) in [7, 11) is -3.79. The van der Waals surface area contributed by atoms with E-state index in [1.54, 1.807) is 24.3 Å². The van der Waals surface area contributed by atoms with E-state index in [0.29, 0.717) is 18.5 Å². The monoisotopic (exact) mass is 389 g/mol. The number of aryl methyl sites for hydroxylation is 3. The Balaban J connectivity index is 2.58. The topological polar surface area (TPSA) is 74.7 Å². The van der Waals surface area contributed by atoms with Gasteiger partial charge >= 0.3 is 5.97 Å². The molecule has 0 bridgehead atoms. The third-order valence-corrected chi connectivity index (χ3v) is 6.39. The van der Waals surface area contributed by atoms with Gasteiger partial charge in [-0.3, -0.25) is 9.10 Å². The minimum atomic E-state index is -3.79. The minimum absolute atomic E-state index is 0.0737. The smallest absolute Gasteiger partial charge is 0.303 e. The maximum Gasteiger partial charge on any atom is 0.303 e. The van der Waals surface area contributed by atoms with E-state index >= 15 is 0 Å². The summed E-state index contributed by atoms with van der Waals surface area (Å²) in [4.78, 5) is 11.2. The molecule has 2 aromatic rings. The van der Waals surface area contributed by atoms with Crippen LogP contribution in [0.1, 0.15) is 43.4 Å². The number of nitrogens with zero attached hydrogens (tertiary/aromatic N) is 1. The molecule has 0 aliphatic rings. The molecule has 0 aliphatic carbocycles. The number of carboxylic acid groups (broad SMARTS) is 1. The standard InChI is InChI=1S/C21H27NO4S/c1-4-17-8-6-9-18(5-2)21(17)22(15-7-10-20(23)24)27(25,26)19-13-11-16(3)12-14-19/h6,8-9,11-14H,4-5,7,10,15H2,1-3H3,(H,23,24). The van der Waals surface area contributed by atoms with Gasteiger partial charge < -0.3 is 5.11 Å². The largest absolute Gasteiger partial charge is 0.481 e. The number of anilines is 1. The molecule has 1 N–H and O–H groups in total. The van der Waals surface area contributed by atoms with Gasteiger partial charge in [-0.15, -0.1) is 0 Å². The lowest BCUT2D eigenvalue weighted by molar-refractivity contribution is -0.137. The van der Waals surface area contributed by atoms with Crippen LogP contribution in [0.2, 0.25) is 0 Å². The number of hydrogen-bond donors (Lipinski definition) is 1. The molecule has 0 fully saturated rings. The van der Waals surface area contributed by atoms with Crippen LogP contribution < -0.4 is 4.31 Å². The highest BCUT2D eigenvalue weighted by Gasteiger charge is 2.28. The molecule has 2 aromatic carbocycles. The lowest BCUT2D eigenvalue weighted by Crippen LogP contribution is -2.34. The van der Waals surface area contributed by atoms with Crippen molar-refractivity contribution in [1.29, 1.82) is 0 Å². The van der Waals surface area contributed by atoms with E-state index in [-0.39, 0.29) is 24.3 Å². The number of sulfonamides is 1. The number of carboxylic acids is 1. The number of benzene rings is 2. The Labute approximate surface area is 161 Å². The van der Waals surface area contributed by atoms with E-state index < -0.39 is 16.0 Å². The average molecular weight is 390 g/mol. The zero-order valence-electron chi connectivity index (χ0n) is 16.1. The predicted molar refractivity (Wildman–Crippen MR) is 108 cm³/mol. The van der Waals surface area contributed by atoms with Crippen LogP contribution in [0.25, 0.3) is 0 Å². The third kappa shape index (κ3) is 4.89. The fourth-order valence-electron chi connectivity index (χ4n) is 3.10. The van der Waals surface area contributed by atoms with Crippen LogP contribution in [0.4, 0.5) is 5.69 Å². The molecular weight excluding hydrogens is 362 g/mol. The first-order valence-corrected chi connectivity index (χ1v) is 10.7. The van der Waals surface area contributed by atoms with Gasteiger partial charge in [-0.1, -0.05) is 49.7 Å². The summed E-state index contributed by atoms with van der Waals surface area (Å²) in [6.07, 6.45) is 1.57. The molecule has 0 amide bonds. The van der Waals surface area contributed by atoms with Gasteiger partial charge in [-0.2, -0.15) is 0 Å². The molecule has 0 heterocycles. The van der Waals surface area contributed by atoms with Crippen molar-refractivity contribution in [2.24, 2.45) is 0 Å². The molecule has 0 spiro atoms. The van der Waals surface area contributed by atoms with Crippen molar-refractivity contribution in [2.45, 2.75) is 51.3 Å². The normalized spacial score (nSPS) is 11.4. The maximum absolute atomic E-state index is 13.4. The molecule has 0 atom stereocenters. The molecule has 146 valence electrons. The van der Waals surface area contributed by atoms with Crippen molar-refractivity contribution in [3.05, 3.63) is 59.2 Å². The molecule has 0 saturated heterocycles. The SMILES string of the molecule is CCc1cccc(CC)c1N(CCCC(=O)O)S(=O)(=O)c1ccc(C)cc1. The molecule has 0 aromatic heterocycles. The van der Waals surface area contributed by atoms with Gasteiger partial charge in [0.2, 0.25) is 0 Å². The zero-order chi connectivity index (χ0) is 20.0. The molecule has 5 nitrogen and oxygen atoms in total. The summed E-state index contributed by atoms with van der Waals surface area (Å²) in [5.41, 5.74) is 3.56. The fourth-order valence-corrected chi connectivity index (χ4v) is 4.68. The van der Waals surface area contributed by atoms with Gasteiger partial charge in [0.1, 0.15) is 0 Å². The van der Waals surface area contributed by atoms with Gasteiger partial charge in [-0.05, 0) is 49.4 Å². The quantitative estimate of drug-likeness (QED) is 0.698. The van der Waals surface area contributed by atoms with Crippen molar-refractivity contribution in [1.82, 2.24) is 0 Å². The van der Waals surface area contributed by atoms with Crippen LogP contribution in [-0.4, -0.2) is 26.0 Å². The summed E-state index contributed by atoms with van der Waals surface area (Å²) in [5, 5.41) is 8.98. The minimum Gasteiger partial charge on any atom is -0.481 e. The summed E-state index contributed by atoms with van der Waals surface area (Å²) in [5.74, 6) is -0.929. The van der Waals surface area contributed by atoms with Gasteiger partial charge in [0.25, 0.3) is 10.0 Å². The van der Waals surface area contributed by atoms with Gasteiger partial charge in [-0.25, -0.2) is 8.42 Å². The van der Waals surface area contributed by atoms with Crippen molar-refractivity contribution < 1.29 is 18.3 Å². The number of rotatable bonds is 9. The van der Waals surface area contributed by atoms with Crippen LogP contribution in [-0.2, 0) is 27.7 Å². The molecule has 6 heteroatoms. The Kier molecular flexibility index (Phi) is 7.02. The third-order valence-electron chi connectivity index (χ3n) is 4.58. The van der Waals surface area contributed by atoms with Gasteiger partial charge in [0, 0.05) is 13.0 Å². The lowest BCUT2D eigenvalue weighted by Gasteiger charge is -2.29. The molecule has 0 radical (unpaired) electrons. The van der Waals surface area contributed by atoms with Crippen LogP contribution in [0.5, 0.6) is 0 Å². The Morgan fingerprint density at radius 3 is 2.04 bits per heavy atom. The van der Waals surface area contributed by atoms with Gasteiger partial charge in [0.15, 0.2) is 0 Å². The van der Waals surface area contributed by atoms with Crippen molar-refractivity contribution in [3.63, 3.8) is 0 Å². The molecule has 2 rings (SSSR count). The summed E-state index contributed by atoms with van der Waals surface area (Å²) in [6.45, 7) is 6.02. The van der Waals surface area contributed by atoms with Crippen molar-refractivity contribution >= 4 is 21.7 Å². The number of hydrogen-bond acceptors (Lipinski definition) is 3. The van der Waals surface area contributed by atoms with Crippen LogP contribution in [0.15, 0.2) is 47.4 Å². The lowest BCUT2D eigenvalue weighted by atomic mass is 10.0. The maximum atomic E-state index is 13.4. The summed E-state index contributed by atoms with van der Waals surface area (Å²) in [6, 6.07) is 12.6. The molecular formula is C21H27NO4S. The predicted octanol–water partition coefficient (Wildman–Crippen LogP) is 4.18. The van der Waals surface area contributed by atoms with Crippen LogP contribution in [0, 0.1) is 6.92 Å². The Bertz CT molecular complexity index is 867. The van der Waals surface area contributed by atoms with E-state index in [9.17, 15) is 13.2 Å². The highest BCUT2D eigenvalue weighted by Crippen LogP contribution is 2.32. The molecule has 0 saturated carbocycles. The highest BCUT2D eigenvalue weighted by molar-refractivity contribution is 7.92. The molecule has 0 unspecified atom stereocenters. The van der Waals surface area contributed by atoms with Gasteiger partial charge in [0.05, 0.1) is 10.6 Å². The number of aliphatic carboxylic acids is 1. The second-order valence-corrected chi connectivity index (χ2v) is 8.38. The second-order valence-electron chi connectivity index (χ2n) is 6.52. The Hall–Kier alpha value is -2.34. The fraction of sp³-hybridized carbons (Fsp3) is 0.381. The number of para-hydroxylation sites is 1. The highest BCUT2D eigenvalue weighted by atomic mass is 32.2. The number of carbonyl (C=O) groups is 1. The first kappa shape index (κ1) is 21.0. The van der Waals surface area contributed by atoms with Crippen LogP contribution in [0.3, 0.4) is 0 Å². The van der Waals surface area contributed by atoms with E-state index in [1.165, 1.54) is 4.31 Å². The van der Waals surface area contributed by atoms with Crippen molar-refractivity contribution in [3.8, 4) is 0 Å². The molecule has 27 heavy (non-hydrogen) atoms. The average Bonchev–Trinajstić information content (AvgIpc) is 2.64. The zero-order valence-corrected chi connectivity index (χ0v) is 16.9. The van der Waals surface area contributed by atoms with E-state index in [0.717, 1.165) is 16.7 Å². The van der Waals surface area contributed by atoms with E-state index in [1.807, 2.05) is 39.0 Å². The first-order chi connectivity index (χ1) is 12.8. The van der Waals surface area contributed by atoms with E-state index in [2.05, 4.69) is 0 Å². The summed E-state index contributed by atoms with van der Waals surface area (Å²) >= 11 is 0.